The van der Waals surface area contributed by atoms with Gasteiger partial charge in [0.1, 0.15) is 5.82 Å². The van der Waals surface area contributed by atoms with Crippen molar-refractivity contribution in [2.45, 2.75) is 44.8 Å². The molecule has 0 amide bonds. The Labute approximate surface area is 141 Å². The number of hydrogen-bond acceptors (Lipinski definition) is 4. The van der Waals surface area contributed by atoms with E-state index >= 15 is 0 Å². The SMILES string of the molecule is Cc1ccc2c(ccn2-c2ccnc(N[C@H]3CC[C@H](O)CC3)n2)c1. The number of fused-ring (bicyclic) bond motifs is 1. The van der Waals surface area contributed by atoms with Gasteiger partial charge < -0.3 is 15.0 Å². The molecular weight excluding hydrogens is 300 g/mol. The van der Waals surface area contributed by atoms with Crippen molar-refractivity contribution in [2.75, 3.05) is 5.32 Å². The highest BCUT2D eigenvalue weighted by Gasteiger charge is 2.19. The molecule has 0 spiro atoms. The molecule has 1 saturated carbocycles. The minimum Gasteiger partial charge on any atom is -0.393 e. The summed E-state index contributed by atoms with van der Waals surface area (Å²) in [6.45, 7) is 2.10. The molecule has 0 atom stereocenters. The van der Waals surface area contributed by atoms with Gasteiger partial charge in [0, 0.05) is 23.8 Å². The van der Waals surface area contributed by atoms with Crippen molar-refractivity contribution in [3.8, 4) is 5.82 Å². The van der Waals surface area contributed by atoms with Gasteiger partial charge in [0.15, 0.2) is 0 Å². The van der Waals surface area contributed by atoms with Gasteiger partial charge in [-0.3, -0.25) is 0 Å². The summed E-state index contributed by atoms with van der Waals surface area (Å²) in [4.78, 5) is 9.04. The van der Waals surface area contributed by atoms with Crippen LogP contribution in [0.4, 0.5) is 5.95 Å². The van der Waals surface area contributed by atoms with Crippen LogP contribution in [0.1, 0.15) is 31.2 Å². The first-order chi connectivity index (χ1) is 11.7. The zero-order chi connectivity index (χ0) is 16.5. The summed E-state index contributed by atoms with van der Waals surface area (Å²) < 4.78 is 2.09. The third-order valence-corrected chi connectivity index (χ3v) is 4.76. The largest absolute Gasteiger partial charge is 0.393 e. The van der Waals surface area contributed by atoms with Crippen molar-refractivity contribution in [1.29, 1.82) is 0 Å². The number of aromatic nitrogens is 3. The number of nitrogens with one attached hydrogen (secondary N) is 1. The van der Waals surface area contributed by atoms with Gasteiger partial charge in [0.05, 0.1) is 11.6 Å². The second-order valence-corrected chi connectivity index (χ2v) is 6.64. The van der Waals surface area contributed by atoms with Gasteiger partial charge in [-0.05, 0) is 56.9 Å². The van der Waals surface area contributed by atoms with Crippen LogP contribution < -0.4 is 5.32 Å². The van der Waals surface area contributed by atoms with Gasteiger partial charge in [-0.2, -0.15) is 4.98 Å². The smallest absolute Gasteiger partial charge is 0.224 e. The van der Waals surface area contributed by atoms with Crippen LogP contribution in [0.15, 0.2) is 42.7 Å². The molecule has 5 heteroatoms. The van der Waals surface area contributed by atoms with E-state index in [0.29, 0.717) is 12.0 Å². The van der Waals surface area contributed by atoms with E-state index in [-0.39, 0.29) is 6.10 Å². The Morgan fingerprint density at radius 1 is 1.12 bits per heavy atom. The lowest BCUT2D eigenvalue weighted by molar-refractivity contribution is 0.126. The van der Waals surface area contributed by atoms with Crippen molar-refractivity contribution in [3.05, 3.63) is 48.3 Å². The summed E-state index contributed by atoms with van der Waals surface area (Å²) in [6, 6.07) is 10.8. The van der Waals surface area contributed by atoms with Crippen LogP contribution >= 0.6 is 0 Å². The first kappa shape index (κ1) is 15.1. The molecule has 24 heavy (non-hydrogen) atoms. The van der Waals surface area contributed by atoms with E-state index in [0.717, 1.165) is 37.0 Å². The topological polar surface area (TPSA) is 63.0 Å². The molecule has 0 unspecified atom stereocenters. The Kier molecular flexibility index (Phi) is 3.94. The molecule has 1 fully saturated rings. The molecule has 0 radical (unpaired) electrons. The van der Waals surface area contributed by atoms with Crippen LogP contribution in [0.2, 0.25) is 0 Å². The lowest BCUT2D eigenvalue weighted by Crippen LogP contribution is -2.29. The van der Waals surface area contributed by atoms with E-state index in [1.807, 2.05) is 12.3 Å². The average Bonchev–Trinajstić information content (AvgIpc) is 3.00. The fourth-order valence-corrected chi connectivity index (χ4v) is 3.42. The van der Waals surface area contributed by atoms with Crippen LogP contribution in [0.5, 0.6) is 0 Å². The highest BCUT2D eigenvalue weighted by atomic mass is 16.3. The Hall–Kier alpha value is -2.40. The summed E-state index contributed by atoms with van der Waals surface area (Å²) >= 11 is 0. The van der Waals surface area contributed by atoms with Crippen molar-refractivity contribution in [2.24, 2.45) is 0 Å². The van der Waals surface area contributed by atoms with Crippen molar-refractivity contribution >= 4 is 16.9 Å². The lowest BCUT2D eigenvalue weighted by Gasteiger charge is -2.26. The lowest BCUT2D eigenvalue weighted by atomic mass is 9.93. The maximum atomic E-state index is 9.62. The molecule has 0 aliphatic heterocycles. The molecule has 3 aromatic rings. The quantitative estimate of drug-likeness (QED) is 0.775. The average molecular weight is 322 g/mol. The maximum Gasteiger partial charge on any atom is 0.224 e. The van der Waals surface area contributed by atoms with Crippen LogP contribution in [0.25, 0.3) is 16.7 Å². The maximum absolute atomic E-state index is 9.62. The first-order valence-corrected chi connectivity index (χ1v) is 8.55. The zero-order valence-electron chi connectivity index (χ0n) is 13.8. The Bertz CT molecular complexity index is 849. The molecule has 0 saturated heterocycles. The van der Waals surface area contributed by atoms with Gasteiger partial charge in [-0.15, -0.1) is 0 Å². The van der Waals surface area contributed by atoms with Crippen molar-refractivity contribution in [1.82, 2.24) is 14.5 Å². The molecule has 0 bridgehead atoms. The number of anilines is 1. The van der Waals surface area contributed by atoms with Crippen LogP contribution in [0.3, 0.4) is 0 Å². The minimum absolute atomic E-state index is 0.148. The standard InChI is InChI=1S/C19H22N4O/c1-13-2-7-17-14(12-13)9-11-23(17)18-8-10-20-19(22-18)21-15-3-5-16(24)6-4-15/h2,7-12,15-16,24H,3-6H2,1H3,(H,20,21,22)/t15-,16-. The summed E-state index contributed by atoms with van der Waals surface area (Å²) in [6.07, 6.45) is 7.30. The molecule has 1 aliphatic carbocycles. The minimum atomic E-state index is -0.148. The van der Waals surface area contributed by atoms with Gasteiger partial charge in [0.2, 0.25) is 5.95 Å². The van der Waals surface area contributed by atoms with Gasteiger partial charge in [-0.25, -0.2) is 4.98 Å². The number of hydrogen-bond donors (Lipinski definition) is 2. The molecule has 2 aromatic heterocycles. The van der Waals surface area contributed by atoms with E-state index in [9.17, 15) is 5.11 Å². The molecule has 4 rings (SSSR count). The van der Waals surface area contributed by atoms with Gasteiger partial charge >= 0.3 is 0 Å². The first-order valence-electron chi connectivity index (χ1n) is 8.55. The Morgan fingerprint density at radius 3 is 2.79 bits per heavy atom. The van der Waals surface area contributed by atoms with E-state index in [1.165, 1.54) is 10.9 Å². The second-order valence-electron chi connectivity index (χ2n) is 6.64. The van der Waals surface area contributed by atoms with E-state index in [1.54, 1.807) is 6.20 Å². The molecule has 1 aliphatic rings. The summed E-state index contributed by atoms with van der Waals surface area (Å²) in [5.74, 6) is 1.52. The molecular formula is C19H22N4O. The van der Waals surface area contributed by atoms with Gasteiger partial charge in [0.25, 0.3) is 0 Å². The fraction of sp³-hybridized carbons (Fsp3) is 0.368. The molecule has 5 nitrogen and oxygen atoms in total. The normalized spacial score (nSPS) is 21.1. The van der Waals surface area contributed by atoms with Crippen molar-refractivity contribution < 1.29 is 5.11 Å². The molecule has 1 aromatic carbocycles. The number of aliphatic hydroxyl groups excluding tert-OH is 1. The van der Waals surface area contributed by atoms with Crippen LogP contribution in [-0.4, -0.2) is 31.8 Å². The van der Waals surface area contributed by atoms with Gasteiger partial charge in [-0.1, -0.05) is 11.6 Å². The highest BCUT2D eigenvalue weighted by molar-refractivity contribution is 5.82. The number of benzene rings is 1. The summed E-state index contributed by atoms with van der Waals surface area (Å²) in [5, 5.41) is 14.2. The highest BCUT2D eigenvalue weighted by Crippen LogP contribution is 2.23. The molecule has 2 N–H and O–H groups in total. The molecule has 124 valence electrons. The monoisotopic (exact) mass is 322 g/mol. The fourth-order valence-electron chi connectivity index (χ4n) is 3.42. The number of rotatable bonds is 3. The number of nitrogens with zero attached hydrogens (tertiary/aromatic N) is 3. The van der Waals surface area contributed by atoms with E-state index in [2.05, 4.69) is 51.0 Å². The summed E-state index contributed by atoms with van der Waals surface area (Å²) in [7, 11) is 0. The third-order valence-electron chi connectivity index (χ3n) is 4.76. The Balaban J connectivity index is 1.60. The summed E-state index contributed by atoms with van der Waals surface area (Å²) in [5.41, 5.74) is 2.40. The van der Waals surface area contributed by atoms with Crippen LogP contribution in [0, 0.1) is 6.92 Å². The zero-order valence-corrected chi connectivity index (χ0v) is 13.8. The Morgan fingerprint density at radius 2 is 1.96 bits per heavy atom. The van der Waals surface area contributed by atoms with E-state index in [4.69, 9.17) is 0 Å². The van der Waals surface area contributed by atoms with Crippen LogP contribution in [-0.2, 0) is 0 Å². The van der Waals surface area contributed by atoms with Crippen molar-refractivity contribution in [3.63, 3.8) is 0 Å². The third kappa shape index (κ3) is 2.99. The van der Waals surface area contributed by atoms with E-state index < -0.39 is 0 Å². The number of aliphatic hydroxyl groups is 1. The second kappa shape index (κ2) is 6.24. The molecule has 2 heterocycles. The predicted molar refractivity (Wildman–Crippen MR) is 95.5 cm³/mol. The number of aryl methyl sites for hydroxylation is 1. The predicted octanol–water partition coefficient (Wildman–Crippen LogP) is 3.44.